The molecule has 0 N–H and O–H groups in total. The summed E-state index contributed by atoms with van der Waals surface area (Å²) in [6, 6.07) is 6.15. The Hall–Kier alpha value is -1.64. The molecule has 1 spiro atoms. The number of halogens is 1. The van der Waals surface area contributed by atoms with Crippen molar-refractivity contribution in [2.75, 3.05) is 19.8 Å². The van der Waals surface area contributed by atoms with E-state index >= 15 is 0 Å². The standard InChI is InChI=1S/C15H16FNO3/c16-14-7-12(2-1-11(14)9-17)20-13-3-5-19-15(8-13)4-6-18-10-15/h1-2,7,13H,3-6,8,10H2. The Morgan fingerprint density at radius 3 is 3.00 bits per heavy atom. The molecule has 0 aromatic heterocycles. The summed E-state index contributed by atoms with van der Waals surface area (Å²) in [6.45, 7) is 1.96. The minimum absolute atomic E-state index is 0.00205. The summed E-state index contributed by atoms with van der Waals surface area (Å²) >= 11 is 0. The summed E-state index contributed by atoms with van der Waals surface area (Å²) in [5.41, 5.74) is -0.196. The van der Waals surface area contributed by atoms with E-state index in [4.69, 9.17) is 19.5 Å². The van der Waals surface area contributed by atoms with Crippen LogP contribution >= 0.6 is 0 Å². The minimum atomic E-state index is -0.545. The highest BCUT2D eigenvalue weighted by molar-refractivity contribution is 5.36. The van der Waals surface area contributed by atoms with Gasteiger partial charge in [0, 0.05) is 31.9 Å². The van der Waals surface area contributed by atoms with Gasteiger partial charge in [0.05, 0.1) is 24.4 Å². The molecule has 106 valence electrons. The van der Waals surface area contributed by atoms with E-state index < -0.39 is 5.82 Å². The van der Waals surface area contributed by atoms with E-state index in [9.17, 15) is 4.39 Å². The molecule has 0 bridgehead atoms. The van der Waals surface area contributed by atoms with Crippen LogP contribution < -0.4 is 4.74 Å². The molecular weight excluding hydrogens is 261 g/mol. The first-order chi connectivity index (χ1) is 9.71. The fourth-order valence-corrected chi connectivity index (χ4v) is 2.80. The highest BCUT2D eigenvalue weighted by Gasteiger charge is 2.41. The van der Waals surface area contributed by atoms with E-state index in [1.54, 1.807) is 12.1 Å². The Labute approximate surface area is 117 Å². The van der Waals surface area contributed by atoms with Crippen LogP contribution in [0.25, 0.3) is 0 Å². The summed E-state index contributed by atoms with van der Waals surface area (Å²) in [4.78, 5) is 0. The van der Waals surface area contributed by atoms with Crippen molar-refractivity contribution in [3.63, 3.8) is 0 Å². The number of hydrogen-bond donors (Lipinski definition) is 0. The first-order valence-electron chi connectivity index (χ1n) is 6.79. The average Bonchev–Trinajstić information content (AvgIpc) is 2.87. The summed E-state index contributed by atoms with van der Waals surface area (Å²) < 4.78 is 30.6. The number of benzene rings is 1. The van der Waals surface area contributed by atoms with Gasteiger partial charge in [0.15, 0.2) is 0 Å². The number of nitrogens with zero attached hydrogens (tertiary/aromatic N) is 1. The summed E-state index contributed by atoms with van der Waals surface area (Å²) in [6.07, 6.45) is 2.42. The molecular formula is C15H16FNO3. The maximum atomic E-state index is 13.6. The predicted octanol–water partition coefficient (Wildman–Crippen LogP) is 2.41. The van der Waals surface area contributed by atoms with Gasteiger partial charge in [-0.05, 0) is 12.1 Å². The molecule has 3 rings (SSSR count). The van der Waals surface area contributed by atoms with E-state index in [0.29, 0.717) is 19.0 Å². The molecule has 2 aliphatic rings. The first-order valence-corrected chi connectivity index (χ1v) is 6.79. The quantitative estimate of drug-likeness (QED) is 0.833. The second-order valence-electron chi connectivity index (χ2n) is 5.32. The van der Waals surface area contributed by atoms with Gasteiger partial charge in [0.25, 0.3) is 0 Å². The van der Waals surface area contributed by atoms with E-state index in [2.05, 4.69) is 0 Å². The Kier molecular flexibility index (Phi) is 3.60. The largest absolute Gasteiger partial charge is 0.490 e. The van der Waals surface area contributed by atoms with Crippen LogP contribution in [0.1, 0.15) is 24.8 Å². The molecule has 2 saturated heterocycles. The van der Waals surface area contributed by atoms with Crippen LogP contribution in [-0.4, -0.2) is 31.5 Å². The maximum absolute atomic E-state index is 13.6. The van der Waals surface area contributed by atoms with E-state index in [1.807, 2.05) is 0 Å². The van der Waals surface area contributed by atoms with Crippen molar-refractivity contribution in [1.82, 2.24) is 0 Å². The Bertz CT molecular complexity index is 534. The number of rotatable bonds is 2. The molecule has 2 atom stereocenters. The molecule has 0 aliphatic carbocycles. The fourth-order valence-electron chi connectivity index (χ4n) is 2.80. The van der Waals surface area contributed by atoms with E-state index in [-0.39, 0.29) is 17.3 Å². The van der Waals surface area contributed by atoms with Gasteiger partial charge in [-0.25, -0.2) is 4.39 Å². The van der Waals surface area contributed by atoms with Crippen molar-refractivity contribution in [2.45, 2.75) is 31.0 Å². The number of hydrogen-bond acceptors (Lipinski definition) is 4. The zero-order valence-electron chi connectivity index (χ0n) is 11.1. The third-order valence-electron chi connectivity index (χ3n) is 3.88. The third kappa shape index (κ3) is 2.62. The monoisotopic (exact) mass is 277 g/mol. The van der Waals surface area contributed by atoms with Gasteiger partial charge in [-0.3, -0.25) is 0 Å². The van der Waals surface area contributed by atoms with Crippen LogP contribution in [0.3, 0.4) is 0 Å². The molecule has 5 heteroatoms. The van der Waals surface area contributed by atoms with Crippen LogP contribution in [0.2, 0.25) is 0 Å². The molecule has 20 heavy (non-hydrogen) atoms. The van der Waals surface area contributed by atoms with Crippen LogP contribution in [-0.2, 0) is 9.47 Å². The molecule has 0 amide bonds. The van der Waals surface area contributed by atoms with Gasteiger partial charge < -0.3 is 14.2 Å². The molecule has 4 nitrogen and oxygen atoms in total. The Morgan fingerprint density at radius 1 is 1.40 bits per heavy atom. The molecule has 1 aromatic carbocycles. The zero-order chi connectivity index (χ0) is 14.0. The van der Waals surface area contributed by atoms with E-state index in [0.717, 1.165) is 25.9 Å². The molecule has 2 unspecified atom stereocenters. The number of ether oxygens (including phenoxy) is 3. The Balaban J connectivity index is 1.68. The lowest BCUT2D eigenvalue weighted by Crippen LogP contribution is -2.44. The smallest absolute Gasteiger partial charge is 0.144 e. The van der Waals surface area contributed by atoms with Crippen molar-refractivity contribution < 1.29 is 18.6 Å². The second kappa shape index (κ2) is 5.39. The van der Waals surface area contributed by atoms with Gasteiger partial charge in [-0.15, -0.1) is 0 Å². The van der Waals surface area contributed by atoms with Crippen molar-refractivity contribution in [2.24, 2.45) is 0 Å². The predicted molar refractivity (Wildman–Crippen MR) is 68.9 cm³/mol. The molecule has 0 saturated carbocycles. The molecule has 2 fully saturated rings. The average molecular weight is 277 g/mol. The van der Waals surface area contributed by atoms with Gasteiger partial charge in [-0.2, -0.15) is 5.26 Å². The normalized spacial score (nSPS) is 29.3. The van der Waals surface area contributed by atoms with Gasteiger partial charge in [-0.1, -0.05) is 0 Å². The van der Waals surface area contributed by atoms with Crippen LogP contribution in [0.15, 0.2) is 18.2 Å². The number of nitriles is 1. The van der Waals surface area contributed by atoms with Crippen molar-refractivity contribution in [3.05, 3.63) is 29.6 Å². The van der Waals surface area contributed by atoms with Gasteiger partial charge in [0.1, 0.15) is 23.7 Å². The highest BCUT2D eigenvalue weighted by atomic mass is 19.1. The van der Waals surface area contributed by atoms with Crippen LogP contribution in [0.4, 0.5) is 4.39 Å². The third-order valence-corrected chi connectivity index (χ3v) is 3.88. The molecule has 2 aliphatic heterocycles. The van der Waals surface area contributed by atoms with Gasteiger partial charge in [0.2, 0.25) is 0 Å². The lowest BCUT2D eigenvalue weighted by atomic mass is 9.91. The maximum Gasteiger partial charge on any atom is 0.144 e. The second-order valence-corrected chi connectivity index (χ2v) is 5.32. The lowest BCUT2D eigenvalue weighted by Gasteiger charge is -2.37. The summed E-state index contributed by atoms with van der Waals surface area (Å²) in [5.74, 6) is -0.0848. The van der Waals surface area contributed by atoms with Crippen molar-refractivity contribution >= 4 is 0 Å². The van der Waals surface area contributed by atoms with Crippen molar-refractivity contribution in [1.29, 1.82) is 5.26 Å². The molecule has 1 aromatic rings. The summed E-state index contributed by atoms with van der Waals surface area (Å²) in [5, 5.41) is 8.71. The topological polar surface area (TPSA) is 51.5 Å². The highest BCUT2D eigenvalue weighted by Crippen LogP contribution is 2.34. The van der Waals surface area contributed by atoms with Gasteiger partial charge >= 0.3 is 0 Å². The minimum Gasteiger partial charge on any atom is -0.490 e. The Morgan fingerprint density at radius 2 is 2.30 bits per heavy atom. The fraction of sp³-hybridized carbons (Fsp3) is 0.533. The van der Waals surface area contributed by atoms with E-state index in [1.165, 1.54) is 12.1 Å². The lowest BCUT2D eigenvalue weighted by molar-refractivity contribution is -0.112. The SMILES string of the molecule is N#Cc1ccc(OC2CCOC3(CCOC3)C2)cc1F. The summed E-state index contributed by atoms with van der Waals surface area (Å²) in [7, 11) is 0. The zero-order valence-corrected chi connectivity index (χ0v) is 11.1. The first kappa shape index (κ1) is 13.3. The van der Waals surface area contributed by atoms with Crippen LogP contribution in [0, 0.1) is 17.1 Å². The van der Waals surface area contributed by atoms with Crippen LogP contribution in [0.5, 0.6) is 5.75 Å². The van der Waals surface area contributed by atoms with Crippen molar-refractivity contribution in [3.8, 4) is 11.8 Å². The molecule has 2 heterocycles. The molecule has 0 radical (unpaired) electrons.